The number of aromatic nitrogens is 2. The molecule has 2 rings (SSSR count). The topological polar surface area (TPSA) is 50.2 Å². The van der Waals surface area contributed by atoms with Crippen LogP contribution in [0.5, 0.6) is 0 Å². The van der Waals surface area contributed by atoms with E-state index in [1.54, 1.807) is 4.68 Å². The van der Waals surface area contributed by atoms with Crippen LogP contribution in [-0.2, 0) is 13.5 Å². The zero-order chi connectivity index (χ0) is 15.4. The van der Waals surface area contributed by atoms with E-state index >= 15 is 0 Å². The summed E-state index contributed by atoms with van der Waals surface area (Å²) in [5.74, 6) is 0.692. The number of carbonyl (C=O) groups excluding carboxylic acids is 1. The Bertz CT molecular complexity index is 483. The van der Waals surface area contributed by atoms with Gasteiger partial charge >= 0.3 is 0 Å². The monoisotopic (exact) mass is 292 g/mol. The number of nitrogens with one attached hydrogen (secondary N) is 1. The van der Waals surface area contributed by atoms with E-state index in [9.17, 15) is 4.79 Å². The molecule has 1 N–H and O–H groups in total. The van der Waals surface area contributed by atoms with Crippen LogP contribution < -0.4 is 5.32 Å². The first-order chi connectivity index (χ1) is 10.1. The van der Waals surface area contributed by atoms with Crippen molar-refractivity contribution in [3.8, 4) is 0 Å². The molecule has 1 aliphatic rings. The molecule has 2 unspecified atom stereocenters. The van der Waals surface area contributed by atoms with E-state index in [0.29, 0.717) is 12.0 Å². The first kappa shape index (κ1) is 16.0. The molecule has 0 aromatic carbocycles. The van der Waals surface area contributed by atoms with Crippen molar-refractivity contribution in [1.29, 1.82) is 0 Å². The van der Waals surface area contributed by atoms with E-state index in [-0.39, 0.29) is 5.91 Å². The third-order valence-corrected chi connectivity index (χ3v) is 4.48. The Labute approximate surface area is 127 Å². The van der Waals surface area contributed by atoms with Gasteiger partial charge in [-0.05, 0) is 25.3 Å². The van der Waals surface area contributed by atoms with Gasteiger partial charge in [0, 0.05) is 32.4 Å². The Morgan fingerprint density at radius 1 is 1.43 bits per heavy atom. The van der Waals surface area contributed by atoms with Crippen molar-refractivity contribution in [2.75, 3.05) is 19.6 Å². The Morgan fingerprint density at radius 3 is 2.81 bits per heavy atom. The van der Waals surface area contributed by atoms with E-state index < -0.39 is 0 Å². The number of hydrogen-bond acceptors (Lipinski definition) is 3. The Hall–Kier alpha value is -1.36. The summed E-state index contributed by atoms with van der Waals surface area (Å²) in [6, 6.07) is 0.545. The first-order valence-corrected chi connectivity index (χ1v) is 8.15. The van der Waals surface area contributed by atoms with Gasteiger partial charge in [-0.25, -0.2) is 0 Å². The smallest absolute Gasteiger partial charge is 0.257 e. The number of aryl methyl sites for hydroxylation is 2. The highest BCUT2D eigenvalue weighted by atomic mass is 16.2. The molecule has 0 aliphatic carbocycles. The van der Waals surface area contributed by atoms with Gasteiger partial charge in [-0.15, -0.1) is 0 Å². The van der Waals surface area contributed by atoms with Crippen LogP contribution in [0, 0.1) is 5.92 Å². The van der Waals surface area contributed by atoms with Crippen LogP contribution in [0.4, 0.5) is 0 Å². The van der Waals surface area contributed by atoms with Crippen LogP contribution in [0.3, 0.4) is 0 Å². The third-order valence-electron chi connectivity index (χ3n) is 4.48. The molecule has 1 aliphatic heterocycles. The summed E-state index contributed by atoms with van der Waals surface area (Å²) in [6.07, 6.45) is 4.81. The van der Waals surface area contributed by atoms with Crippen LogP contribution in [-0.4, -0.2) is 46.3 Å². The average molecular weight is 292 g/mol. The summed E-state index contributed by atoms with van der Waals surface area (Å²) in [7, 11) is 1.88. The summed E-state index contributed by atoms with van der Waals surface area (Å²) in [5, 5.41) is 7.94. The fourth-order valence-corrected chi connectivity index (χ4v) is 3.31. The van der Waals surface area contributed by atoms with Gasteiger partial charge in [0.25, 0.3) is 5.91 Å². The molecule has 0 bridgehead atoms. The van der Waals surface area contributed by atoms with Crippen LogP contribution in [0.25, 0.3) is 0 Å². The largest absolute Gasteiger partial charge is 0.338 e. The highest BCUT2D eigenvalue weighted by Gasteiger charge is 2.31. The van der Waals surface area contributed by atoms with Gasteiger partial charge in [0.2, 0.25) is 0 Å². The van der Waals surface area contributed by atoms with Crippen molar-refractivity contribution in [3.63, 3.8) is 0 Å². The lowest BCUT2D eigenvalue weighted by Crippen LogP contribution is -2.50. The molecule has 5 heteroatoms. The second kappa shape index (κ2) is 7.07. The second-order valence-electron chi connectivity index (χ2n) is 5.89. The molecular formula is C16H28N4O. The lowest BCUT2D eigenvalue weighted by molar-refractivity contribution is 0.0627. The number of carbonyl (C=O) groups is 1. The third kappa shape index (κ3) is 3.46. The molecule has 1 aromatic heterocycles. The molecule has 0 spiro atoms. The molecule has 1 fully saturated rings. The fraction of sp³-hybridized carbons (Fsp3) is 0.750. The lowest BCUT2D eigenvalue weighted by Gasteiger charge is -2.38. The molecule has 0 radical (unpaired) electrons. The number of nitrogens with zero attached hydrogens (tertiary/aromatic N) is 3. The minimum Gasteiger partial charge on any atom is -0.338 e. The maximum atomic E-state index is 12.8. The van der Waals surface area contributed by atoms with Crippen molar-refractivity contribution < 1.29 is 4.79 Å². The minimum absolute atomic E-state index is 0.147. The molecule has 0 saturated carbocycles. The number of likely N-dealkylation sites (tertiary alicyclic amines) is 1. The van der Waals surface area contributed by atoms with Crippen molar-refractivity contribution in [3.05, 3.63) is 17.5 Å². The van der Waals surface area contributed by atoms with Gasteiger partial charge in [-0.1, -0.05) is 27.2 Å². The molecule has 21 heavy (non-hydrogen) atoms. The lowest BCUT2D eigenvalue weighted by atomic mass is 9.89. The summed E-state index contributed by atoms with van der Waals surface area (Å²) in [6.45, 7) is 9.09. The quantitative estimate of drug-likeness (QED) is 0.901. The molecule has 118 valence electrons. The number of piperidine rings is 1. The SMILES string of the molecule is CCNC1CCN(C(=O)c2cn(C)nc2CC)CC1CC. The molecular weight excluding hydrogens is 264 g/mol. The summed E-state index contributed by atoms with van der Waals surface area (Å²) in [5.41, 5.74) is 1.68. The molecule has 2 atom stereocenters. The minimum atomic E-state index is 0.147. The maximum absolute atomic E-state index is 12.8. The van der Waals surface area contributed by atoms with Crippen LogP contribution in [0.15, 0.2) is 6.20 Å². The van der Waals surface area contributed by atoms with E-state index in [4.69, 9.17) is 0 Å². The molecule has 1 saturated heterocycles. The van der Waals surface area contributed by atoms with E-state index in [0.717, 1.165) is 50.2 Å². The van der Waals surface area contributed by atoms with Crippen molar-refractivity contribution >= 4 is 5.91 Å². The molecule has 2 heterocycles. The summed E-state index contributed by atoms with van der Waals surface area (Å²) < 4.78 is 1.74. The van der Waals surface area contributed by atoms with E-state index in [1.165, 1.54) is 0 Å². The molecule has 5 nitrogen and oxygen atoms in total. The van der Waals surface area contributed by atoms with Gasteiger partial charge < -0.3 is 10.2 Å². The Balaban J connectivity index is 2.10. The Morgan fingerprint density at radius 2 is 2.19 bits per heavy atom. The van der Waals surface area contributed by atoms with Gasteiger partial charge in [0.1, 0.15) is 0 Å². The highest BCUT2D eigenvalue weighted by Crippen LogP contribution is 2.22. The summed E-state index contributed by atoms with van der Waals surface area (Å²) in [4.78, 5) is 14.8. The van der Waals surface area contributed by atoms with Crippen LogP contribution in [0.1, 0.15) is 49.7 Å². The van der Waals surface area contributed by atoms with Crippen molar-refractivity contribution in [2.24, 2.45) is 13.0 Å². The molecule has 1 aromatic rings. The predicted octanol–water partition coefficient (Wildman–Crippen LogP) is 1.83. The van der Waals surface area contributed by atoms with Gasteiger partial charge in [-0.3, -0.25) is 9.48 Å². The number of hydrogen-bond donors (Lipinski definition) is 1. The normalized spacial score (nSPS) is 22.6. The Kier molecular flexibility index (Phi) is 5.39. The van der Waals surface area contributed by atoms with E-state index in [2.05, 4.69) is 24.3 Å². The maximum Gasteiger partial charge on any atom is 0.257 e. The predicted molar refractivity (Wildman–Crippen MR) is 84.4 cm³/mol. The zero-order valence-corrected chi connectivity index (χ0v) is 13.7. The number of amides is 1. The standard InChI is InChI=1S/C16H28N4O/c1-5-12-10-20(9-8-15(12)17-7-3)16(21)13-11-19(4)18-14(13)6-2/h11-12,15,17H,5-10H2,1-4H3. The van der Waals surface area contributed by atoms with Crippen molar-refractivity contribution in [1.82, 2.24) is 20.0 Å². The fourth-order valence-electron chi connectivity index (χ4n) is 3.31. The van der Waals surface area contributed by atoms with E-state index in [1.807, 2.05) is 25.1 Å². The van der Waals surface area contributed by atoms with Crippen LogP contribution in [0.2, 0.25) is 0 Å². The van der Waals surface area contributed by atoms with Gasteiger partial charge in [0.15, 0.2) is 0 Å². The average Bonchev–Trinajstić information content (AvgIpc) is 2.88. The highest BCUT2D eigenvalue weighted by molar-refractivity contribution is 5.95. The first-order valence-electron chi connectivity index (χ1n) is 8.15. The summed E-state index contributed by atoms with van der Waals surface area (Å²) >= 11 is 0. The number of rotatable bonds is 5. The second-order valence-corrected chi connectivity index (χ2v) is 5.89. The van der Waals surface area contributed by atoms with Gasteiger partial charge in [-0.2, -0.15) is 5.10 Å². The molecule has 1 amide bonds. The van der Waals surface area contributed by atoms with Crippen molar-refractivity contribution in [2.45, 2.75) is 46.1 Å². The van der Waals surface area contributed by atoms with Crippen LogP contribution >= 0.6 is 0 Å². The zero-order valence-electron chi connectivity index (χ0n) is 13.7. The van der Waals surface area contributed by atoms with Gasteiger partial charge in [0.05, 0.1) is 11.3 Å².